The second-order valence-electron chi connectivity index (χ2n) is 3.55. The van der Waals surface area contributed by atoms with Crippen molar-refractivity contribution in [1.29, 1.82) is 5.26 Å². The Bertz CT molecular complexity index is 519. The first kappa shape index (κ1) is 15.0. The fourth-order valence-electron chi connectivity index (χ4n) is 1.42. The largest absolute Gasteiger partial charge is 0.465 e. The van der Waals surface area contributed by atoms with Crippen LogP contribution in [0, 0.1) is 17.1 Å². The molecule has 0 aromatic heterocycles. The summed E-state index contributed by atoms with van der Waals surface area (Å²) in [4.78, 5) is 11.4. The van der Waals surface area contributed by atoms with Gasteiger partial charge >= 0.3 is 12.1 Å². The van der Waals surface area contributed by atoms with Crippen molar-refractivity contribution in [3.63, 3.8) is 0 Å². The van der Waals surface area contributed by atoms with E-state index in [9.17, 15) is 22.4 Å². The lowest BCUT2D eigenvalue weighted by Gasteiger charge is -2.12. The molecule has 0 heterocycles. The molecule has 0 N–H and O–H groups in total. The summed E-state index contributed by atoms with van der Waals surface area (Å²) >= 11 is 0. The summed E-state index contributed by atoms with van der Waals surface area (Å²) in [6.07, 6.45) is -4.68. The van der Waals surface area contributed by atoms with Crippen molar-refractivity contribution in [3.05, 3.63) is 35.1 Å². The Hall–Kier alpha value is -2.10. The van der Waals surface area contributed by atoms with E-state index in [0.717, 1.165) is 0 Å². The minimum absolute atomic E-state index is 0.0579. The van der Waals surface area contributed by atoms with Crippen molar-refractivity contribution in [3.8, 4) is 6.07 Å². The standard InChI is InChI=1S/C12H9F4NO2/c1-2-19-11(18)9(6-17)8-5-7(12(14,15)16)3-4-10(8)13/h3-5,9H,2H2,1H3. The van der Waals surface area contributed by atoms with Crippen molar-refractivity contribution in [1.82, 2.24) is 0 Å². The van der Waals surface area contributed by atoms with Gasteiger partial charge in [0, 0.05) is 5.56 Å². The van der Waals surface area contributed by atoms with E-state index in [4.69, 9.17) is 5.26 Å². The zero-order chi connectivity index (χ0) is 14.6. The van der Waals surface area contributed by atoms with E-state index in [-0.39, 0.29) is 6.61 Å². The predicted octanol–water partition coefficient (Wildman–Crippen LogP) is 3.01. The van der Waals surface area contributed by atoms with Crippen LogP contribution in [0.2, 0.25) is 0 Å². The van der Waals surface area contributed by atoms with Gasteiger partial charge in [0.15, 0.2) is 5.92 Å². The summed E-state index contributed by atoms with van der Waals surface area (Å²) < 4.78 is 55.5. The summed E-state index contributed by atoms with van der Waals surface area (Å²) in [5.41, 5.74) is -1.77. The molecule has 0 aliphatic heterocycles. The van der Waals surface area contributed by atoms with Gasteiger partial charge in [-0.15, -0.1) is 0 Å². The molecule has 7 heteroatoms. The lowest BCUT2D eigenvalue weighted by atomic mass is 9.98. The fraction of sp³-hybridized carbons (Fsp3) is 0.333. The molecule has 1 aromatic carbocycles. The number of halogens is 4. The first-order valence-electron chi connectivity index (χ1n) is 5.24. The smallest absolute Gasteiger partial charge is 0.416 e. The van der Waals surface area contributed by atoms with Crippen LogP contribution in [0.5, 0.6) is 0 Å². The number of alkyl halides is 3. The highest BCUT2D eigenvalue weighted by Gasteiger charge is 2.33. The van der Waals surface area contributed by atoms with Crippen LogP contribution >= 0.6 is 0 Å². The van der Waals surface area contributed by atoms with Gasteiger partial charge in [0.25, 0.3) is 0 Å². The zero-order valence-electron chi connectivity index (χ0n) is 9.79. The lowest BCUT2D eigenvalue weighted by molar-refractivity contribution is -0.144. The molecule has 3 nitrogen and oxygen atoms in total. The number of carbonyl (C=O) groups is 1. The maximum Gasteiger partial charge on any atom is 0.416 e. The van der Waals surface area contributed by atoms with Crippen molar-refractivity contribution < 1.29 is 27.1 Å². The van der Waals surface area contributed by atoms with Crippen LogP contribution in [0.1, 0.15) is 24.0 Å². The van der Waals surface area contributed by atoms with Gasteiger partial charge < -0.3 is 4.74 Å². The number of nitriles is 1. The van der Waals surface area contributed by atoms with E-state index in [0.29, 0.717) is 18.2 Å². The van der Waals surface area contributed by atoms with Crippen molar-refractivity contribution >= 4 is 5.97 Å². The van der Waals surface area contributed by atoms with Crippen molar-refractivity contribution in [2.45, 2.75) is 19.0 Å². The summed E-state index contributed by atoms with van der Waals surface area (Å²) in [5, 5.41) is 8.80. The van der Waals surface area contributed by atoms with Gasteiger partial charge in [-0.05, 0) is 25.1 Å². The first-order valence-corrected chi connectivity index (χ1v) is 5.24. The summed E-state index contributed by atoms with van der Waals surface area (Å²) in [6, 6.07) is 3.00. The molecule has 0 bridgehead atoms. The van der Waals surface area contributed by atoms with Crippen LogP contribution in [0.4, 0.5) is 17.6 Å². The van der Waals surface area contributed by atoms with Crippen LogP contribution in [0.25, 0.3) is 0 Å². The molecule has 0 fully saturated rings. The number of hydrogen-bond acceptors (Lipinski definition) is 3. The number of ether oxygens (including phenoxy) is 1. The van der Waals surface area contributed by atoms with Gasteiger partial charge in [0.1, 0.15) is 5.82 Å². The third-order valence-electron chi connectivity index (χ3n) is 2.29. The van der Waals surface area contributed by atoms with Crippen LogP contribution in [0.3, 0.4) is 0 Å². The average Bonchev–Trinajstić information content (AvgIpc) is 2.31. The van der Waals surface area contributed by atoms with Gasteiger partial charge in [0.2, 0.25) is 0 Å². The number of benzene rings is 1. The molecule has 0 aliphatic rings. The molecule has 19 heavy (non-hydrogen) atoms. The highest BCUT2D eigenvalue weighted by Crippen LogP contribution is 2.32. The predicted molar refractivity (Wildman–Crippen MR) is 56.4 cm³/mol. The van der Waals surface area contributed by atoms with E-state index in [1.807, 2.05) is 0 Å². The molecule has 102 valence electrons. The summed E-state index contributed by atoms with van der Waals surface area (Å²) in [7, 11) is 0. The lowest BCUT2D eigenvalue weighted by Crippen LogP contribution is -2.17. The number of hydrogen-bond donors (Lipinski definition) is 0. The Morgan fingerprint density at radius 3 is 2.58 bits per heavy atom. The second-order valence-corrected chi connectivity index (χ2v) is 3.55. The average molecular weight is 275 g/mol. The molecule has 0 aliphatic carbocycles. The SMILES string of the molecule is CCOC(=O)C(C#N)c1cc(C(F)(F)F)ccc1F. The van der Waals surface area contributed by atoms with Crippen LogP contribution in [0.15, 0.2) is 18.2 Å². The molecule has 0 saturated heterocycles. The first-order chi connectivity index (χ1) is 8.81. The molecule has 0 amide bonds. The highest BCUT2D eigenvalue weighted by atomic mass is 19.4. The molecule has 1 unspecified atom stereocenters. The van der Waals surface area contributed by atoms with Gasteiger partial charge in [0.05, 0.1) is 18.2 Å². The van der Waals surface area contributed by atoms with Gasteiger partial charge in [-0.1, -0.05) is 0 Å². The highest BCUT2D eigenvalue weighted by molar-refractivity contribution is 5.81. The molecular weight excluding hydrogens is 266 g/mol. The van der Waals surface area contributed by atoms with Crippen molar-refractivity contribution in [2.24, 2.45) is 0 Å². The Kier molecular flexibility index (Phi) is 4.48. The molecule has 0 spiro atoms. The molecule has 1 rings (SSSR count). The Balaban J connectivity index is 3.25. The third kappa shape index (κ3) is 3.44. The zero-order valence-corrected chi connectivity index (χ0v) is 9.79. The molecule has 1 aromatic rings. The Morgan fingerprint density at radius 2 is 2.11 bits per heavy atom. The molecule has 1 atom stereocenters. The number of esters is 1. The summed E-state index contributed by atoms with van der Waals surface area (Å²) in [6.45, 7) is 1.41. The van der Waals surface area contributed by atoms with Gasteiger partial charge in [-0.2, -0.15) is 18.4 Å². The number of carbonyl (C=O) groups excluding carboxylic acids is 1. The van der Waals surface area contributed by atoms with E-state index in [1.165, 1.54) is 13.0 Å². The van der Waals surface area contributed by atoms with Crippen LogP contribution < -0.4 is 0 Å². The molecule has 0 saturated carbocycles. The maximum absolute atomic E-state index is 13.5. The third-order valence-corrected chi connectivity index (χ3v) is 2.29. The van der Waals surface area contributed by atoms with Gasteiger partial charge in [-0.3, -0.25) is 4.79 Å². The van der Waals surface area contributed by atoms with Crippen molar-refractivity contribution in [2.75, 3.05) is 6.61 Å². The minimum Gasteiger partial charge on any atom is -0.465 e. The van der Waals surface area contributed by atoms with E-state index in [1.54, 1.807) is 0 Å². The second kappa shape index (κ2) is 5.69. The van der Waals surface area contributed by atoms with E-state index >= 15 is 0 Å². The monoisotopic (exact) mass is 275 g/mol. The van der Waals surface area contributed by atoms with Crippen LogP contribution in [-0.2, 0) is 15.7 Å². The van der Waals surface area contributed by atoms with Crippen LogP contribution in [-0.4, -0.2) is 12.6 Å². The maximum atomic E-state index is 13.5. The fourth-order valence-corrected chi connectivity index (χ4v) is 1.42. The Morgan fingerprint density at radius 1 is 1.47 bits per heavy atom. The minimum atomic E-state index is -4.68. The van der Waals surface area contributed by atoms with Gasteiger partial charge in [-0.25, -0.2) is 4.39 Å². The number of nitrogens with zero attached hydrogens (tertiary/aromatic N) is 1. The Labute approximate surface area is 106 Å². The normalized spacial score (nSPS) is 12.6. The number of rotatable bonds is 3. The van der Waals surface area contributed by atoms with E-state index < -0.39 is 35.0 Å². The molecular formula is C12H9F4NO2. The molecule has 0 radical (unpaired) electrons. The summed E-state index contributed by atoms with van der Waals surface area (Å²) in [5.74, 6) is -3.86. The topological polar surface area (TPSA) is 50.1 Å². The quantitative estimate of drug-likeness (QED) is 0.629. The van der Waals surface area contributed by atoms with E-state index in [2.05, 4.69) is 4.74 Å².